The van der Waals surface area contributed by atoms with Crippen LogP contribution in [0.3, 0.4) is 0 Å². The van der Waals surface area contributed by atoms with Crippen molar-refractivity contribution in [2.45, 2.75) is 18.4 Å². The molecule has 0 saturated carbocycles. The second-order valence-corrected chi connectivity index (χ2v) is 5.96. The number of nitrogens with zero attached hydrogens (tertiary/aromatic N) is 2. The highest BCUT2D eigenvalue weighted by Crippen LogP contribution is 2.32. The van der Waals surface area contributed by atoms with Gasteiger partial charge < -0.3 is 5.11 Å². The van der Waals surface area contributed by atoms with Crippen LogP contribution in [0.25, 0.3) is 10.2 Å². The molecule has 0 radical (unpaired) electrons. The highest BCUT2D eigenvalue weighted by Gasteiger charge is 2.09. The molecule has 0 atom stereocenters. The summed E-state index contributed by atoms with van der Waals surface area (Å²) in [5.74, 6) is 0.841. The number of aryl methyl sites for hydroxylation is 1. The molecule has 0 aliphatic carbocycles. The molecule has 2 aromatic rings. The zero-order valence-corrected chi connectivity index (χ0v) is 11.1. The summed E-state index contributed by atoms with van der Waals surface area (Å²) in [5.41, 5.74) is 0. The molecule has 2 aromatic heterocycles. The van der Waals surface area contributed by atoms with Crippen molar-refractivity contribution in [3.8, 4) is 0 Å². The van der Waals surface area contributed by atoms with E-state index in [1.54, 1.807) is 23.1 Å². The Morgan fingerprint density at radius 3 is 3.06 bits per heavy atom. The third-order valence-electron chi connectivity index (χ3n) is 1.99. The summed E-state index contributed by atoms with van der Waals surface area (Å²) in [6, 6.07) is 2.08. The van der Waals surface area contributed by atoms with Crippen molar-refractivity contribution in [1.29, 1.82) is 0 Å². The van der Waals surface area contributed by atoms with Crippen LogP contribution >= 0.6 is 34.7 Å². The number of thioether (sulfide) groups is 1. The van der Waals surface area contributed by atoms with E-state index in [0.717, 1.165) is 27.4 Å². The van der Waals surface area contributed by atoms with Gasteiger partial charge in [-0.15, -0.1) is 23.1 Å². The Bertz CT molecular complexity index is 501. The maximum atomic E-state index is 8.75. The van der Waals surface area contributed by atoms with Crippen molar-refractivity contribution in [1.82, 2.24) is 9.97 Å². The molecule has 6 heteroatoms. The van der Waals surface area contributed by atoms with Crippen LogP contribution in [0.5, 0.6) is 0 Å². The minimum absolute atomic E-state index is 0.206. The highest BCUT2D eigenvalue weighted by molar-refractivity contribution is 7.99. The molecule has 0 aliphatic rings. The molecular weight excluding hydrogens is 264 g/mol. The maximum absolute atomic E-state index is 8.75. The summed E-state index contributed by atoms with van der Waals surface area (Å²) in [6.45, 7) is 2.25. The lowest BCUT2D eigenvalue weighted by atomic mass is 10.4. The van der Waals surface area contributed by atoms with E-state index in [1.165, 1.54) is 4.88 Å². The summed E-state index contributed by atoms with van der Waals surface area (Å²) in [6.07, 6.45) is 0.761. The van der Waals surface area contributed by atoms with E-state index in [2.05, 4.69) is 16.0 Å². The molecule has 0 fully saturated rings. The van der Waals surface area contributed by atoms with Crippen LogP contribution in [0.4, 0.5) is 0 Å². The Kier molecular flexibility index (Phi) is 4.02. The number of rotatable bonds is 4. The third-order valence-corrected chi connectivity index (χ3v) is 4.19. The normalized spacial score (nSPS) is 11.2. The number of hydrogen-bond acceptors (Lipinski definition) is 5. The number of fused-ring (bicyclic) bond motifs is 1. The fourth-order valence-electron chi connectivity index (χ4n) is 1.33. The van der Waals surface area contributed by atoms with Crippen LogP contribution in [0.2, 0.25) is 5.28 Å². The Morgan fingerprint density at radius 2 is 2.31 bits per heavy atom. The van der Waals surface area contributed by atoms with Crippen molar-refractivity contribution >= 4 is 44.9 Å². The number of hydrogen-bond donors (Lipinski definition) is 1. The lowest BCUT2D eigenvalue weighted by Crippen LogP contribution is -1.90. The topological polar surface area (TPSA) is 46.0 Å². The molecule has 2 heterocycles. The predicted molar refractivity (Wildman–Crippen MR) is 69.6 cm³/mol. The zero-order valence-electron chi connectivity index (χ0n) is 8.73. The van der Waals surface area contributed by atoms with Crippen molar-refractivity contribution in [2.75, 3.05) is 12.4 Å². The van der Waals surface area contributed by atoms with E-state index in [1.807, 2.05) is 6.92 Å². The predicted octanol–water partition coefficient (Wildman–Crippen LogP) is 3.13. The molecule has 0 aromatic carbocycles. The van der Waals surface area contributed by atoms with Crippen LogP contribution in [0.1, 0.15) is 11.3 Å². The van der Waals surface area contributed by atoms with Gasteiger partial charge in [0.25, 0.3) is 0 Å². The van der Waals surface area contributed by atoms with Crippen molar-refractivity contribution in [3.05, 3.63) is 16.2 Å². The van der Waals surface area contributed by atoms with Crippen LogP contribution in [-0.2, 0) is 0 Å². The Morgan fingerprint density at radius 1 is 1.50 bits per heavy atom. The molecule has 0 spiro atoms. The zero-order chi connectivity index (χ0) is 11.5. The maximum Gasteiger partial charge on any atom is 0.224 e. The standard InChI is InChI=1S/C10H11ClN2OS2/c1-6-5-7-8(15-4-2-3-14)12-10(11)13-9(7)16-6/h5,14H,2-4H2,1H3. The van der Waals surface area contributed by atoms with Gasteiger partial charge in [-0.25, -0.2) is 9.97 Å². The van der Waals surface area contributed by atoms with Crippen molar-refractivity contribution in [2.24, 2.45) is 0 Å². The molecule has 1 N–H and O–H groups in total. The van der Waals surface area contributed by atoms with Gasteiger partial charge in [-0.05, 0) is 31.0 Å². The fourth-order valence-corrected chi connectivity index (χ4v) is 3.48. The van der Waals surface area contributed by atoms with E-state index < -0.39 is 0 Å². The first-order chi connectivity index (χ1) is 7.70. The van der Waals surface area contributed by atoms with E-state index in [9.17, 15) is 0 Å². The third kappa shape index (κ3) is 2.66. The first-order valence-corrected chi connectivity index (χ1v) is 7.06. The second-order valence-electron chi connectivity index (χ2n) is 3.30. The van der Waals surface area contributed by atoms with Gasteiger partial charge in [0.05, 0.1) is 0 Å². The quantitative estimate of drug-likeness (QED) is 0.403. The number of halogens is 1. The van der Waals surface area contributed by atoms with E-state index in [0.29, 0.717) is 5.28 Å². The summed E-state index contributed by atoms with van der Waals surface area (Å²) in [5, 5.41) is 11.0. The average molecular weight is 275 g/mol. The van der Waals surface area contributed by atoms with Gasteiger partial charge in [0.1, 0.15) is 9.86 Å². The van der Waals surface area contributed by atoms with Gasteiger partial charge >= 0.3 is 0 Å². The first-order valence-electron chi connectivity index (χ1n) is 4.88. The molecule has 0 bridgehead atoms. The SMILES string of the molecule is Cc1cc2c(SCCCO)nc(Cl)nc2s1. The Labute approximate surface area is 107 Å². The van der Waals surface area contributed by atoms with Crippen LogP contribution in [-0.4, -0.2) is 27.4 Å². The lowest BCUT2D eigenvalue weighted by Gasteiger charge is -2.01. The van der Waals surface area contributed by atoms with Gasteiger partial charge in [-0.1, -0.05) is 0 Å². The molecule has 0 amide bonds. The minimum Gasteiger partial charge on any atom is -0.396 e. The second kappa shape index (κ2) is 5.31. The van der Waals surface area contributed by atoms with Gasteiger partial charge in [0, 0.05) is 22.6 Å². The van der Waals surface area contributed by atoms with Gasteiger partial charge in [0.15, 0.2) is 0 Å². The van der Waals surface area contributed by atoms with Crippen LogP contribution < -0.4 is 0 Å². The number of thiophene rings is 1. The summed E-state index contributed by atoms with van der Waals surface area (Å²) < 4.78 is 0. The first kappa shape index (κ1) is 12.1. The van der Waals surface area contributed by atoms with Crippen molar-refractivity contribution in [3.63, 3.8) is 0 Å². The van der Waals surface area contributed by atoms with E-state index in [-0.39, 0.29) is 6.61 Å². The number of aliphatic hydroxyl groups is 1. The highest BCUT2D eigenvalue weighted by atomic mass is 35.5. The van der Waals surface area contributed by atoms with Gasteiger partial charge in [-0.3, -0.25) is 0 Å². The molecule has 0 saturated heterocycles. The smallest absolute Gasteiger partial charge is 0.224 e. The minimum atomic E-state index is 0.206. The molecule has 16 heavy (non-hydrogen) atoms. The Hall–Kier alpha value is -0.360. The lowest BCUT2D eigenvalue weighted by molar-refractivity contribution is 0.296. The van der Waals surface area contributed by atoms with E-state index >= 15 is 0 Å². The fraction of sp³-hybridized carbons (Fsp3) is 0.400. The summed E-state index contributed by atoms with van der Waals surface area (Å²) in [7, 11) is 0. The monoisotopic (exact) mass is 274 g/mol. The molecule has 0 unspecified atom stereocenters. The largest absolute Gasteiger partial charge is 0.396 e. The van der Waals surface area contributed by atoms with Gasteiger partial charge in [-0.2, -0.15) is 0 Å². The average Bonchev–Trinajstić information content (AvgIpc) is 2.58. The number of aliphatic hydroxyl groups excluding tert-OH is 1. The summed E-state index contributed by atoms with van der Waals surface area (Å²) in [4.78, 5) is 10.6. The van der Waals surface area contributed by atoms with Gasteiger partial charge in [0.2, 0.25) is 5.28 Å². The molecule has 86 valence electrons. The van der Waals surface area contributed by atoms with E-state index in [4.69, 9.17) is 16.7 Å². The molecular formula is C10H11ClN2OS2. The summed E-state index contributed by atoms with van der Waals surface area (Å²) >= 11 is 9.10. The molecule has 0 aliphatic heterocycles. The molecule has 2 rings (SSSR count). The molecule has 3 nitrogen and oxygen atoms in total. The van der Waals surface area contributed by atoms with Crippen molar-refractivity contribution < 1.29 is 5.11 Å². The Balaban J connectivity index is 2.34. The van der Waals surface area contributed by atoms with Crippen LogP contribution in [0, 0.1) is 6.92 Å². The van der Waals surface area contributed by atoms with Crippen LogP contribution in [0.15, 0.2) is 11.1 Å². The number of aromatic nitrogens is 2.